The monoisotopic (exact) mass is 278 g/mol. The SMILES string of the molecule is Cc1nc(-c2ccc(NCCc3ccccc3)cc2)co1. The van der Waals surface area contributed by atoms with Gasteiger partial charge in [-0.25, -0.2) is 4.98 Å². The number of oxazole rings is 1. The van der Waals surface area contributed by atoms with E-state index >= 15 is 0 Å². The molecule has 1 aromatic heterocycles. The first-order valence-corrected chi connectivity index (χ1v) is 7.11. The number of benzene rings is 2. The van der Waals surface area contributed by atoms with Crippen molar-refractivity contribution in [3.05, 3.63) is 72.3 Å². The molecule has 0 bridgehead atoms. The molecule has 0 aliphatic carbocycles. The summed E-state index contributed by atoms with van der Waals surface area (Å²) in [7, 11) is 0. The Morgan fingerprint density at radius 1 is 1.00 bits per heavy atom. The van der Waals surface area contributed by atoms with Crippen LogP contribution in [-0.2, 0) is 6.42 Å². The van der Waals surface area contributed by atoms with Crippen LogP contribution in [0.15, 0.2) is 65.3 Å². The van der Waals surface area contributed by atoms with Crippen LogP contribution in [0.25, 0.3) is 11.3 Å². The van der Waals surface area contributed by atoms with Crippen molar-refractivity contribution in [2.75, 3.05) is 11.9 Å². The van der Waals surface area contributed by atoms with E-state index in [0.717, 1.165) is 29.9 Å². The Labute approximate surface area is 124 Å². The van der Waals surface area contributed by atoms with E-state index in [1.165, 1.54) is 5.56 Å². The first-order chi connectivity index (χ1) is 10.3. The minimum absolute atomic E-state index is 0.690. The van der Waals surface area contributed by atoms with Gasteiger partial charge in [0.2, 0.25) is 0 Å². The summed E-state index contributed by atoms with van der Waals surface area (Å²) in [6, 6.07) is 18.8. The van der Waals surface area contributed by atoms with Gasteiger partial charge in [0.25, 0.3) is 0 Å². The number of rotatable bonds is 5. The van der Waals surface area contributed by atoms with Crippen LogP contribution in [0.1, 0.15) is 11.5 Å². The number of hydrogen-bond acceptors (Lipinski definition) is 3. The third kappa shape index (κ3) is 3.51. The van der Waals surface area contributed by atoms with Crippen LogP contribution < -0.4 is 5.32 Å². The fourth-order valence-corrected chi connectivity index (χ4v) is 2.25. The Morgan fingerprint density at radius 3 is 2.43 bits per heavy atom. The number of anilines is 1. The highest BCUT2D eigenvalue weighted by Crippen LogP contribution is 2.20. The summed E-state index contributed by atoms with van der Waals surface area (Å²) < 4.78 is 5.24. The average Bonchev–Trinajstić information content (AvgIpc) is 2.96. The van der Waals surface area contributed by atoms with Crippen molar-refractivity contribution in [2.45, 2.75) is 13.3 Å². The number of nitrogens with zero attached hydrogens (tertiary/aromatic N) is 1. The molecule has 3 aromatic rings. The predicted octanol–water partition coefficient (Wildman–Crippen LogP) is 4.30. The van der Waals surface area contributed by atoms with Gasteiger partial charge in [0.05, 0.1) is 0 Å². The summed E-state index contributed by atoms with van der Waals surface area (Å²) in [6.07, 6.45) is 2.71. The van der Waals surface area contributed by atoms with Gasteiger partial charge in [0.15, 0.2) is 5.89 Å². The second-order valence-corrected chi connectivity index (χ2v) is 4.99. The molecule has 0 unspecified atom stereocenters. The molecule has 0 amide bonds. The van der Waals surface area contributed by atoms with Crippen LogP contribution in [0.4, 0.5) is 5.69 Å². The second-order valence-electron chi connectivity index (χ2n) is 4.99. The lowest BCUT2D eigenvalue weighted by molar-refractivity contribution is 0.521. The Hall–Kier alpha value is -2.55. The molecule has 2 aromatic carbocycles. The van der Waals surface area contributed by atoms with Gasteiger partial charge in [-0.05, 0) is 24.1 Å². The molecule has 0 aliphatic heterocycles. The molecule has 3 nitrogen and oxygen atoms in total. The summed E-state index contributed by atoms with van der Waals surface area (Å²) >= 11 is 0. The van der Waals surface area contributed by atoms with Crippen LogP contribution in [0.3, 0.4) is 0 Å². The van der Waals surface area contributed by atoms with Gasteiger partial charge in [0, 0.05) is 24.7 Å². The molecule has 106 valence electrons. The van der Waals surface area contributed by atoms with E-state index in [-0.39, 0.29) is 0 Å². The number of nitrogens with one attached hydrogen (secondary N) is 1. The van der Waals surface area contributed by atoms with E-state index in [4.69, 9.17) is 4.42 Å². The molecule has 0 saturated heterocycles. The third-order valence-electron chi connectivity index (χ3n) is 3.39. The first-order valence-electron chi connectivity index (χ1n) is 7.11. The van der Waals surface area contributed by atoms with Crippen LogP contribution in [0, 0.1) is 6.92 Å². The van der Waals surface area contributed by atoms with Crippen molar-refractivity contribution in [3.63, 3.8) is 0 Å². The van der Waals surface area contributed by atoms with Gasteiger partial charge in [-0.15, -0.1) is 0 Å². The molecule has 0 fully saturated rings. The van der Waals surface area contributed by atoms with Crippen molar-refractivity contribution in [1.29, 1.82) is 0 Å². The van der Waals surface area contributed by atoms with E-state index in [2.05, 4.69) is 58.8 Å². The van der Waals surface area contributed by atoms with E-state index in [1.54, 1.807) is 6.26 Å². The summed E-state index contributed by atoms with van der Waals surface area (Å²) in [4.78, 5) is 4.33. The van der Waals surface area contributed by atoms with E-state index in [1.807, 2.05) is 13.0 Å². The maximum Gasteiger partial charge on any atom is 0.191 e. The van der Waals surface area contributed by atoms with E-state index < -0.39 is 0 Å². The smallest absolute Gasteiger partial charge is 0.191 e. The quantitative estimate of drug-likeness (QED) is 0.756. The zero-order chi connectivity index (χ0) is 14.5. The number of aromatic nitrogens is 1. The van der Waals surface area contributed by atoms with E-state index in [0.29, 0.717) is 5.89 Å². The lowest BCUT2D eigenvalue weighted by Crippen LogP contribution is -2.04. The van der Waals surface area contributed by atoms with Crippen molar-refractivity contribution in [2.24, 2.45) is 0 Å². The third-order valence-corrected chi connectivity index (χ3v) is 3.39. The topological polar surface area (TPSA) is 38.1 Å². The lowest BCUT2D eigenvalue weighted by Gasteiger charge is -2.07. The average molecular weight is 278 g/mol. The summed E-state index contributed by atoms with van der Waals surface area (Å²) in [5, 5.41) is 3.43. The zero-order valence-electron chi connectivity index (χ0n) is 12.0. The summed E-state index contributed by atoms with van der Waals surface area (Å²) in [5.74, 6) is 0.690. The van der Waals surface area contributed by atoms with Gasteiger partial charge in [-0.2, -0.15) is 0 Å². The number of aryl methyl sites for hydroxylation is 1. The highest BCUT2D eigenvalue weighted by molar-refractivity contribution is 5.61. The van der Waals surface area contributed by atoms with Gasteiger partial charge >= 0.3 is 0 Å². The maximum absolute atomic E-state index is 5.24. The van der Waals surface area contributed by atoms with Crippen molar-refractivity contribution < 1.29 is 4.42 Å². The van der Waals surface area contributed by atoms with Gasteiger partial charge in [-0.1, -0.05) is 42.5 Å². The predicted molar refractivity (Wildman–Crippen MR) is 85.3 cm³/mol. The Balaban J connectivity index is 1.57. The first kappa shape index (κ1) is 13.4. The van der Waals surface area contributed by atoms with Crippen LogP contribution in [0.2, 0.25) is 0 Å². The largest absolute Gasteiger partial charge is 0.449 e. The fraction of sp³-hybridized carbons (Fsp3) is 0.167. The maximum atomic E-state index is 5.24. The standard InChI is InChI=1S/C18H18N2O/c1-14-20-18(13-21-14)16-7-9-17(10-8-16)19-12-11-15-5-3-2-4-6-15/h2-10,13,19H,11-12H2,1H3. The normalized spacial score (nSPS) is 10.5. The molecular formula is C18H18N2O. The Kier molecular flexibility index (Phi) is 4.01. The molecule has 1 heterocycles. The Bertz CT molecular complexity index is 687. The molecule has 0 atom stereocenters. The van der Waals surface area contributed by atoms with Crippen molar-refractivity contribution in [3.8, 4) is 11.3 Å². The molecule has 0 spiro atoms. The fourth-order valence-electron chi connectivity index (χ4n) is 2.25. The van der Waals surface area contributed by atoms with Crippen molar-refractivity contribution in [1.82, 2.24) is 4.98 Å². The van der Waals surface area contributed by atoms with Crippen LogP contribution in [0.5, 0.6) is 0 Å². The number of hydrogen-bond donors (Lipinski definition) is 1. The minimum atomic E-state index is 0.690. The van der Waals surface area contributed by atoms with Crippen molar-refractivity contribution >= 4 is 5.69 Å². The van der Waals surface area contributed by atoms with E-state index in [9.17, 15) is 0 Å². The highest BCUT2D eigenvalue weighted by atomic mass is 16.3. The minimum Gasteiger partial charge on any atom is -0.449 e. The molecular weight excluding hydrogens is 260 g/mol. The summed E-state index contributed by atoms with van der Waals surface area (Å²) in [5.41, 5.74) is 4.42. The molecule has 1 N–H and O–H groups in total. The Morgan fingerprint density at radius 2 is 1.76 bits per heavy atom. The zero-order valence-corrected chi connectivity index (χ0v) is 12.0. The molecule has 21 heavy (non-hydrogen) atoms. The van der Waals surface area contributed by atoms with Gasteiger partial charge in [-0.3, -0.25) is 0 Å². The molecule has 0 radical (unpaired) electrons. The summed E-state index contributed by atoms with van der Waals surface area (Å²) in [6.45, 7) is 2.77. The molecule has 0 saturated carbocycles. The van der Waals surface area contributed by atoms with Gasteiger partial charge < -0.3 is 9.73 Å². The van der Waals surface area contributed by atoms with Crippen LogP contribution in [-0.4, -0.2) is 11.5 Å². The second kappa shape index (κ2) is 6.27. The lowest BCUT2D eigenvalue weighted by atomic mass is 10.1. The highest BCUT2D eigenvalue weighted by Gasteiger charge is 2.03. The molecule has 0 aliphatic rings. The van der Waals surface area contributed by atoms with Crippen LogP contribution >= 0.6 is 0 Å². The van der Waals surface area contributed by atoms with Gasteiger partial charge in [0.1, 0.15) is 12.0 Å². The molecule has 3 rings (SSSR count). The molecule has 3 heteroatoms.